The smallest absolute Gasteiger partial charge is 0.281 e. The lowest BCUT2D eigenvalue weighted by atomic mass is 9.85. The number of hydrogen-bond acceptors (Lipinski definition) is 5. The minimum Gasteiger partial charge on any atom is -0.493 e. The highest BCUT2D eigenvalue weighted by atomic mass is 35.5. The molecule has 0 radical (unpaired) electrons. The molecule has 0 aromatic heterocycles. The number of hydrogen-bond donors (Lipinski definition) is 2. The van der Waals surface area contributed by atoms with Crippen LogP contribution in [-0.2, 0) is 10.4 Å². The normalized spacial score (nSPS) is 11.3. The lowest BCUT2D eigenvalue weighted by Crippen LogP contribution is -2.43. The second kappa shape index (κ2) is 9.43. The van der Waals surface area contributed by atoms with Gasteiger partial charge in [0.05, 0.1) is 25.5 Å². The van der Waals surface area contributed by atoms with E-state index in [1.807, 2.05) is 12.1 Å². The number of rotatable bonds is 7. The van der Waals surface area contributed by atoms with Crippen LogP contribution in [0.3, 0.4) is 0 Å². The molecule has 0 fully saturated rings. The van der Waals surface area contributed by atoms with Crippen molar-refractivity contribution < 1.29 is 19.4 Å². The predicted octanol–water partition coefficient (Wildman–Crippen LogP) is 3.74. The molecule has 0 heterocycles. The van der Waals surface area contributed by atoms with E-state index in [1.54, 1.807) is 60.7 Å². The van der Waals surface area contributed by atoms with Crippen LogP contribution in [0, 0.1) is 0 Å². The molecule has 0 spiro atoms. The third-order valence-electron chi connectivity index (χ3n) is 4.55. The van der Waals surface area contributed by atoms with Crippen LogP contribution in [0.2, 0.25) is 5.02 Å². The molecule has 6 nitrogen and oxygen atoms in total. The van der Waals surface area contributed by atoms with Crippen molar-refractivity contribution in [2.45, 2.75) is 5.60 Å². The van der Waals surface area contributed by atoms with E-state index in [0.717, 1.165) is 0 Å². The van der Waals surface area contributed by atoms with Gasteiger partial charge in [-0.25, -0.2) is 5.43 Å². The highest BCUT2D eigenvalue weighted by Crippen LogP contribution is 2.35. The van der Waals surface area contributed by atoms with Gasteiger partial charge in [-0.3, -0.25) is 4.79 Å². The number of aliphatic hydroxyl groups is 1. The summed E-state index contributed by atoms with van der Waals surface area (Å²) in [6.07, 6.45) is 1.40. The molecule has 0 saturated carbocycles. The van der Waals surface area contributed by atoms with E-state index >= 15 is 0 Å². The molecule has 3 aromatic rings. The van der Waals surface area contributed by atoms with E-state index in [1.165, 1.54) is 20.4 Å². The molecule has 0 bridgehead atoms. The average molecular weight is 425 g/mol. The first-order valence-corrected chi connectivity index (χ1v) is 9.47. The van der Waals surface area contributed by atoms with E-state index in [0.29, 0.717) is 33.2 Å². The Kier molecular flexibility index (Phi) is 6.72. The van der Waals surface area contributed by atoms with Crippen LogP contribution in [0.15, 0.2) is 77.9 Å². The lowest BCUT2D eigenvalue weighted by molar-refractivity contribution is -0.136. The van der Waals surface area contributed by atoms with Crippen LogP contribution in [0.4, 0.5) is 0 Å². The molecule has 0 atom stereocenters. The van der Waals surface area contributed by atoms with Gasteiger partial charge in [-0.2, -0.15) is 5.10 Å². The summed E-state index contributed by atoms with van der Waals surface area (Å²) in [5.74, 6) is 0.147. The quantitative estimate of drug-likeness (QED) is 0.447. The third-order valence-corrected chi connectivity index (χ3v) is 4.83. The molecule has 1 amide bonds. The Bertz CT molecular complexity index is 1000. The molecule has 7 heteroatoms. The Morgan fingerprint density at radius 1 is 1.00 bits per heavy atom. The summed E-state index contributed by atoms with van der Waals surface area (Å²) in [5, 5.41) is 15.7. The minimum atomic E-state index is -1.91. The number of nitrogens with zero attached hydrogens (tertiary/aromatic N) is 1. The fraction of sp³-hybridized carbons (Fsp3) is 0.130. The molecule has 2 N–H and O–H groups in total. The molecule has 0 aliphatic carbocycles. The Morgan fingerprint density at radius 3 is 2.07 bits per heavy atom. The first kappa shape index (κ1) is 21.4. The summed E-state index contributed by atoms with van der Waals surface area (Å²) in [7, 11) is 2.99. The lowest BCUT2D eigenvalue weighted by Gasteiger charge is -2.27. The van der Waals surface area contributed by atoms with E-state index in [4.69, 9.17) is 21.1 Å². The molecule has 154 valence electrons. The summed E-state index contributed by atoms with van der Waals surface area (Å²) in [4.78, 5) is 13.0. The second-order valence-electron chi connectivity index (χ2n) is 6.38. The van der Waals surface area contributed by atoms with Gasteiger partial charge >= 0.3 is 0 Å². The first-order valence-electron chi connectivity index (χ1n) is 9.09. The SMILES string of the molecule is COc1cc(/C=N\NC(=O)C(O)(c2ccccc2)c2ccccc2)cc(Cl)c1OC. The molecule has 0 unspecified atom stereocenters. The van der Waals surface area contributed by atoms with Crippen molar-refractivity contribution in [3.8, 4) is 11.5 Å². The van der Waals surface area contributed by atoms with Crippen LogP contribution in [0.25, 0.3) is 0 Å². The number of nitrogens with one attached hydrogen (secondary N) is 1. The number of amides is 1. The van der Waals surface area contributed by atoms with Gasteiger partial charge in [0, 0.05) is 0 Å². The zero-order valence-electron chi connectivity index (χ0n) is 16.5. The highest BCUT2D eigenvalue weighted by molar-refractivity contribution is 6.32. The maximum absolute atomic E-state index is 13.0. The van der Waals surface area contributed by atoms with Crippen LogP contribution < -0.4 is 14.9 Å². The fourth-order valence-electron chi connectivity index (χ4n) is 3.05. The van der Waals surface area contributed by atoms with Crippen molar-refractivity contribution >= 4 is 23.7 Å². The van der Waals surface area contributed by atoms with E-state index in [-0.39, 0.29) is 0 Å². The summed E-state index contributed by atoms with van der Waals surface area (Å²) in [6.45, 7) is 0. The maximum Gasteiger partial charge on any atom is 0.281 e. The Balaban J connectivity index is 1.88. The van der Waals surface area contributed by atoms with Gasteiger partial charge in [-0.05, 0) is 28.8 Å². The standard InChI is InChI=1S/C23H21ClN2O4/c1-29-20-14-16(13-19(24)21(20)30-2)15-25-26-22(27)23(28,17-9-5-3-6-10-17)18-11-7-4-8-12-18/h3-15,28H,1-2H3,(H,26,27)/b25-15-. The zero-order chi connectivity index (χ0) is 21.6. The second-order valence-corrected chi connectivity index (χ2v) is 6.79. The summed E-state index contributed by atoms with van der Waals surface area (Å²) in [6, 6.07) is 20.7. The van der Waals surface area contributed by atoms with Crippen LogP contribution >= 0.6 is 11.6 Å². The fourth-order valence-corrected chi connectivity index (χ4v) is 3.34. The van der Waals surface area contributed by atoms with Gasteiger partial charge in [0.25, 0.3) is 5.91 Å². The van der Waals surface area contributed by atoms with Crippen LogP contribution in [-0.4, -0.2) is 31.4 Å². The molecule has 30 heavy (non-hydrogen) atoms. The number of benzene rings is 3. The van der Waals surface area contributed by atoms with Crippen molar-refractivity contribution in [2.24, 2.45) is 5.10 Å². The maximum atomic E-state index is 13.0. The zero-order valence-corrected chi connectivity index (χ0v) is 17.3. The summed E-state index contributed by atoms with van der Waals surface area (Å²) < 4.78 is 10.5. The number of halogens is 1. The van der Waals surface area contributed by atoms with Gasteiger partial charge in [0.1, 0.15) is 0 Å². The van der Waals surface area contributed by atoms with Crippen LogP contribution in [0.5, 0.6) is 11.5 Å². The van der Waals surface area contributed by atoms with Gasteiger partial charge < -0.3 is 14.6 Å². The molecule has 0 aliphatic heterocycles. The summed E-state index contributed by atoms with van der Waals surface area (Å²) >= 11 is 6.19. The minimum absolute atomic E-state index is 0.342. The predicted molar refractivity (Wildman–Crippen MR) is 116 cm³/mol. The average Bonchev–Trinajstić information content (AvgIpc) is 2.79. The Labute approximate surface area is 179 Å². The van der Waals surface area contributed by atoms with Gasteiger partial charge in [-0.15, -0.1) is 0 Å². The molecule has 3 aromatic carbocycles. The molecular formula is C23H21ClN2O4. The number of carbonyl (C=O) groups is 1. The topological polar surface area (TPSA) is 80.2 Å². The van der Waals surface area contributed by atoms with Gasteiger partial charge in [0.15, 0.2) is 17.1 Å². The monoisotopic (exact) mass is 424 g/mol. The van der Waals surface area contributed by atoms with Crippen molar-refractivity contribution in [3.63, 3.8) is 0 Å². The Hall–Kier alpha value is -3.35. The van der Waals surface area contributed by atoms with Crippen molar-refractivity contribution in [1.82, 2.24) is 5.43 Å². The summed E-state index contributed by atoms with van der Waals surface area (Å²) in [5.41, 5.74) is 1.95. The number of methoxy groups -OCH3 is 2. The van der Waals surface area contributed by atoms with Gasteiger partial charge in [0.2, 0.25) is 0 Å². The van der Waals surface area contributed by atoms with E-state index < -0.39 is 11.5 Å². The van der Waals surface area contributed by atoms with Gasteiger partial charge in [-0.1, -0.05) is 72.3 Å². The van der Waals surface area contributed by atoms with E-state index in [2.05, 4.69) is 10.5 Å². The van der Waals surface area contributed by atoms with Crippen molar-refractivity contribution in [1.29, 1.82) is 0 Å². The van der Waals surface area contributed by atoms with Crippen LogP contribution in [0.1, 0.15) is 16.7 Å². The Morgan fingerprint density at radius 2 is 1.57 bits per heavy atom. The third kappa shape index (κ3) is 4.30. The number of carbonyl (C=O) groups excluding carboxylic acids is 1. The van der Waals surface area contributed by atoms with E-state index in [9.17, 15) is 9.90 Å². The van der Waals surface area contributed by atoms with Crippen molar-refractivity contribution in [3.05, 3.63) is 94.5 Å². The number of hydrazone groups is 1. The molecule has 0 saturated heterocycles. The highest BCUT2D eigenvalue weighted by Gasteiger charge is 2.39. The number of ether oxygens (including phenoxy) is 2. The molecular weight excluding hydrogens is 404 g/mol. The molecule has 3 rings (SSSR count). The largest absolute Gasteiger partial charge is 0.493 e. The van der Waals surface area contributed by atoms with Crippen molar-refractivity contribution in [2.75, 3.05) is 14.2 Å². The molecule has 0 aliphatic rings. The first-order chi connectivity index (χ1) is 14.5.